The molecule has 0 bridgehead atoms. The summed E-state index contributed by atoms with van der Waals surface area (Å²) in [5.74, 6) is -0.794. The molecule has 0 saturated carbocycles. The van der Waals surface area contributed by atoms with Crippen LogP contribution in [0.25, 0.3) is 0 Å². The minimum Gasteiger partial charge on any atom is -0.478 e. The van der Waals surface area contributed by atoms with Crippen LogP contribution in [0, 0.1) is 11.7 Å². The van der Waals surface area contributed by atoms with Crippen molar-refractivity contribution >= 4 is 17.7 Å². The number of carboxylic acids is 1. The first-order valence-electron chi connectivity index (χ1n) is 5.06. The predicted molar refractivity (Wildman–Crippen MR) is 61.3 cm³/mol. The molecule has 1 N–H and O–H groups in total. The molecule has 3 nitrogen and oxygen atoms in total. The quantitative estimate of drug-likeness (QED) is 0.807. The number of rotatable bonds is 5. The van der Waals surface area contributed by atoms with Crippen molar-refractivity contribution in [2.45, 2.75) is 25.3 Å². The van der Waals surface area contributed by atoms with E-state index in [9.17, 15) is 9.18 Å². The monoisotopic (exact) mass is 243 g/mol. The lowest BCUT2D eigenvalue weighted by molar-refractivity contribution is 0.0691. The van der Waals surface area contributed by atoms with Crippen LogP contribution in [0.5, 0.6) is 0 Å². The molecule has 5 heteroatoms. The molecule has 0 aliphatic carbocycles. The lowest BCUT2D eigenvalue weighted by Crippen LogP contribution is -2.04. The van der Waals surface area contributed by atoms with Gasteiger partial charge in [-0.05, 0) is 12.0 Å². The van der Waals surface area contributed by atoms with E-state index in [0.717, 1.165) is 12.2 Å². The number of nitrogens with zero attached hydrogens (tertiary/aromatic N) is 1. The van der Waals surface area contributed by atoms with E-state index in [-0.39, 0.29) is 10.6 Å². The average molecular weight is 243 g/mol. The second kappa shape index (κ2) is 5.84. The third-order valence-corrected chi connectivity index (χ3v) is 3.58. The van der Waals surface area contributed by atoms with E-state index in [1.807, 2.05) is 0 Å². The van der Waals surface area contributed by atoms with Crippen molar-refractivity contribution in [3.05, 3.63) is 23.6 Å². The highest BCUT2D eigenvalue weighted by Gasteiger charge is 2.15. The Hall–Kier alpha value is -1.10. The fourth-order valence-electron chi connectivity index (χ4n) is 1.03. The van der Waals surface area contributed by atoms with E-state index in [1.54, 1.807) is 0 Å². The summed E-state index contributed by atoms with van der Waals surface area (Å²) in [6.07, 6.45) is 2.33. The van der Waals surface area contributed by atoms with Crippen LogP contribution in [0.2, 0.25) is 0 Å². The molecular formula is C11H14FNO2S. The Morgan fingerprint density at radius 3 is 2.94 bits per heavy atom. The lowest BCUT2D eigenvalue weighted by Gasteiger charge is -2.08. The van der Waals surface area contributed by atoms with Crippen molar-refractivity contribution in [2.75, 3.05) is 5.75 Å². The van der Waals surface area contributed by atoms with E-state index < -0.39 is 11.8 Å². The van der Waals surface area contributed by atoms with Crippen LogP contribution in [0.15, 0.2) is 17.3 Å². The van der Waals surface area contributed by atoms with Crippen LogP contribution in [-0.4, -0.2) is 21.8 Å². The summed E-state index contributed by atoms with van der Waals surface area (Å²) in [4.78, 5) is 14.5. The number of carbonyl (C=O) groups is 1. The van der Waals surface area contributed by atoms with Gasteiger partial charge in [0.15, 0.2) is 5.82 Å². The maximum atomic E-state index is 13.6. The molecule has 1 unspecified atom stereocenters. The Morgan fingerprint density at radius 2 is 2.38 bits per heavy atom. The summed E-state index contributed by atoms with van der Waals surface area (Å²) in [5, 5.41) is 8.90. The molecule has 0 spiro atoms. The highest BCUT2D eigenvalue weighted by molar-refractivity contribution is 7.99. The Bertz CT molecular complexity index is 384. The Balaban J connectivity index is 2.81. The molecule has 0 aliphatic rings. The van der Waals surface area contributed by atoms with Crippen LogP contribution in [0.3, 0.4) is 0 Å². The Morgan fingerprint density at radius 1 is 1.69 bits per heavy atom. The summed E-state index contributed by atoms with van der Waals surface area (Å²) in [7, 11) is 0. The number of hydrogen-bond acceptors (Lipinski definition) is 3. The Labute approximate surface area is 98.1 Å². The molecule has 0 amide bonds. The molecule has 1 atom stereocenters. The molecule has 88 valence electrons. The van der Waals surface area contributed by atoms with E-state index in [2.05, 4.69) is 18.8 Å². The number of aromatic nitrogens is 1. The second-order valence-corrected chi connectivity index (χ2v) is 4.62. The molecule has 16 heavy (non-hydrogen) atoms. The summed E-state index contributed by atoms with van der Waals surface area (Å²) in [6, 6.07) is 1.17. The number of aromatic carboxylic acids is 1. The molecule has 0 saturated heterocycles. The van der Waals surface area contributed by atoms with Gasteiger partial charge in [-0.2, -0.15) is 0 Å². The standard InChI is InChI=1S/C11H14FNO2S/c1-3-7(2)6-16-10-9(12)8(11(14)15)4-5-13-10/h4-5,7H,3,6H2,1-2H3,(H,14,15). The summed E-state index contributed by atoms with van der Waals surface area (Å²) in [6.45, 7) is 4.12. The van der Waals surface area contributed by atoms with Gasteiger partial charge in [-0.25, -0.2) is 14.2 Å². The second-order valence-electron chi connectivity index (χ2n) is 3.61. The first-order chi connectivity index (χ1) is 7.56. The molecule has 1 rings (SSSR count). The lowest BCUT2D eigenvalue weighted by atomic mass is 10.2. The molecule has 0 aromatic carbocycles. The van der Waals surface area contributed by atoms with Gasteiger partial charge in [-0.1, -0.05) is 20.3 Å². The van der Waals surface area contributed by atoms with E-state index in [1.165, 1.54) is 24.0 Å². The SMILES string of the molecule is CCC(C)CSc1nccc(C(=O)O)c1F. The topological polar surface area (TPSA) is 50.2 Å². The summed E-state index contributed by atoms with van der Waals surface area (Å²) in [5.41, 5.74) is -0.318. The van der Waals surface area contributed by atoms with Gasteiger partial charge in [0.2, 0.25) is 0 Å². The van der Waals surface area contributed by atoms with Crippen LogP contribution in [-0.2, 0) is 0 Å². The van der Waals surface area contributed by atoms with Crippen LogP contribution in [0.1, 0.15) is 30.6 Å². The van der Waals surface area contributed by atoms with Crippen molar-refractivity contribution in [1.82, 2.24) is 4.98 Å². The maximum Gasteiger partial charge on any atom is 0.338 e. The fourth-order valence-corrected chi connectivity index (χ4v) is 2.08. The van der Waals surface area contributed by atoms with Crippen molar-refractivity contribution in [3.63, 3.8) is 0 Å². The van der Waals surface area contributed by atoms with Gasteiger partial charge in [0.1, 0.15) is 5.03 Å². The number of carboxylic acid groups (broad SMARTS) is 1. The minimum absolute atomic E-state index is 0.167. The van der Waals surface area contributed by atoms with Crippen LogP contribution < -0.4 is 0 Å². The molecule has 0 radical (unpaired) electrons. The third-order valence-electron chi connectivity index (χ3n) is 2.29. The Kier molecular flexibility index (Phi) is 4.73. The van der Waals surface area contributed by atoms with Crippen LogP contribution >= 0.6 is 11.8 Å². The van der Waals surface area contributed by atoms with Crippen molar-refractivity contribution in [3.8, 4) is 0 Å². The largest absolute Gasteiger partial charge is 0.478 e. The summed E-state index contributed by atoms with van der Waals surface area (Å²) >= 11 is 1.26. The molecule has 1 heterocycles. The molecular weight excluding hydrogens is 229 g/mol. The van der Waals surface area contributed by atoms with Gasteiger partial charge in [-0.3, -0.25) is 0 Å². The highest BCUT2D eigenvalue weighted by Crippen LogP contribution is 2.24. The fraction of sp³-hybridized carbons (Fsp3) is 0.455. The maximum absolute atomic E-state index is 13.6. The normalized spacial score (nSPS) is 12.4. The molecule has 1 aromatic heterocycles. The first-order valence-corrected chi connectivity index (χ1v) is 6.05. The van der Waals surface area contributed by atoms with Crippen LogP contribution in [0.4, 0.5) is 4.39 Å². The smallest absolute Gasteiger partial charge is 0.338 e. The number of hydrogen-bond donors (Lipinski definition) is 1. The van der Waals surface area contributed by atoms with Crippen molar-refractivity contribution in [1.29, 1.82) is 0 Å². The number of halogens is 1. The van der Waals surface area contributed by atoms with Gasteiger partial charge in [0, 0.05) is 11.9 Å². The van der Waals surface area contributed by atoms with E-state index >= 15 is 0 Å². The van der Waals surface area contributed by atoms with Gasteiger partial charge in [0.25, 0.3) is 0 Å². The van der Waals surface area contributed by atoms with Gasteiger partial charge < -0.3 is 5.11 Å². The van der Waals surface area contributed by atoms with Crippen molar-refractivity contribution < 1.29 is 14.3 Å². The van der Waals surface area contributed by atoms with Gasteiger partial charge >= 0.3 is 5.97 Å². The molecule has 0 aliphatic heterocycles. The zero-order valence-electron chi connectivity index (χ0n) is 9.24. The average Bonchev–Trinajstić information content (AvgIpc) is 2.26. The van der Waals surface area contributed by atoms with Crippen molar-refractivity contribution in [2.24, 2.45) is 5.92 Å². The zero-order chi connectivity index (χ0) is 12.1. The minimum atomic E-state index is -1.26. The third kappa shape index (κ3) is 3.20. The zero-order valence-corrected chi connectivity index (χ0v) is 10.1. The molecule has 0 fully saturated rings. The first kappa shape index (κ1) is 13.0. The predicted octanol–water partition coefficient (Wildman–Crippen LogP) is 3.06. The van der Waals surface area contributed by atoms with Gasteiger partial charge in [0.05, 0.1) is 5.56 Å². The number of thioether (sulfide) groups is 1. The summed E-state index contributed by atoms with van der Waals surface area (Å²) < 4.78 is 13.6. The highest BCUT2D eigenvalue weighted by atomic mass is 32.2. The number of pyridine rings is 1. The van der Waals surface area contributed by atoms with Gasteiger partial charge in [-0.15, -0.1) is 11.8 Å². The van der Waals surface area contributed by atoms with E-state index in [0.29, 0.717) is 5.92 Å². The van der Waals surface area contributed by atoms with E-state index in [4.69, 9.17) is 5.11 Å². The molecule has 1 aromatic rings.